The number of anilines is 1. The molecule has 1 aromatic rings. The minimum absolute atomic E-state index is 0.111. The predicted molar refractivity (Wildman–Crippen MR) is 62.4 cm³/mol. The van der Waals surface area contributed by atoms with Crippen LogP contribution in [0.4, 0.5) is 5.82 Å². The summed E-state index contributed by atoms with van der Waals surface area (Å²) in [4.78, 5) is 15.2. The second-order valence-electron chi connectivity index (χ2n) is 3.80. The third-order valence-electron chi connectivity index (χ3n) is 2.59. The third-order valence-corrected chi connectivity index (χ3v) is 3.48. The lowest BCUT2D eigenvalue weighted by atomic mass is 10.2. The van der Waals surface area contributed by atoms with Gasteiger partial charge in [-0.15, -0.1) is 0 Å². The molecule has 1 unspecified atom stereocenters. The van der Waals surface area contributed by atoms with Crippen LogP contribution in [0.1, 0.15) is 6.42 Å². The average molecular weight is 306 g/mol. The highest BCUT2D eigenvalue weighted by Crippen LogP contribution is 2.39. The lowest BCUT2D eigenvalue weighted by Gasteiger charge is -2.23. The second kappa shape index (κ2) is 4.37. The standard InChI is InChI=1S/C9H12BrN3O4/c10-9(3-5(15)6(4-14)17-9)13-2-1-7(11)12-8(13)16/h1-2,5-6,14-15H,3-4H2,(H2,11,12,16)/t5-,6+,9?/m0/s1. The summed E-state index contributed by atoms with van der Waals surface area (Å²) >= 11 is 3.24. The van der Waals surface area contributed by atoms with Gasteiger partial charge in [0.25, 0.3) is 0 Å². The van der Waals surface area contributed by atoms with Gasteiger partial charge >= 0.3 is 5.69 Å². The summed E-state index contributed by atoms with van der Waals surface area (Å²) in [6.45, 7) is -0.328. The molecule has 7 nitrogen and oxygen atoms in total. The van der Waals surface area contributed by atoms with Gasteiger partial charge in [0.1, 0.15) is 11.9 Å². The van der Waals surface area contributed by atoms with Gasteiger partial charge < -0.3 is 20.7 Å². The van der Waals surface area contributed by atoms with Crippen LogP contribution in [0.15, 0.2) is 17.1 Å². The minimum Gasteiger partial charge on any atom is -0.394 e. The lowest BCUT2D eigenvalue weighted by molar-refractivity contribution is -0.0607. The maximum absolute atomic E-state index is 11.7. The molecule has 1 aliphatic heterocycles. The Hall–Kier alpha value is -0.960. The normalized spacial score (nSPS) is 32.9. The summed E-state index contributed by atoms with van der Waals surface area (Å²) in [6, 6.07) is 1.45. The van der Waals surface area contributed by atoms with Crippen LogP contribution >= 0.6 is 15.9 Å². The summed E-state index contributed by atoms with van der Waals surface area (Å²) in [5, 5.41) is 18.7. The molecular weight excluding hydrogens is 294 g/mol. The fraction of sp³-hybridized carbons (Fsp3) is 0.556. The summed E-state index contributed by atoms with van der Waals surface area (Å²) in [6.07, 6.45) is -0.0436. The van der Waals surface area contributed by atoms with Crippen LogP contribution in [-0.2, 0) is 9.37 Å². The zero-order valence-electron chi connectivity index (χ0n) is 8.78. The molecule has 4 N–H and O–H groups in total. The van der Waals surface area contributed by atoms with Crippen molar-refractivity contribution in [3.63, 3.8) is 0 Å². The molecule has 0 aromatic carbocycles. The Morgan fingerprint density at radius 1 is 1.76 bits per heavy atom. The lowest BCUT2D eigenvalue weighted by Crippen LogP contribution is -2.37. The van der Waals surface area contributed by atoms with Crippen molar-refractivity contribution in [1.82, 2.24) is 9.55 Å². The van der Waals surface area contributed by atoms with Gasteiger partial charge in [0.05, 0.1) is 12.7 Å². The van der Waals surface area contributed by atoms with E-state index in [1.807, 2.05) is 0 Å². The van der Waals surface area contributed by atoms with Crippen LogP contribution in [0.3, 0.4) is 0 Å². The number of alkyl halides is 1. The molecule has 1 saturated heterocycles. The molecule has 0 aliphatic carbocycles. The minimum atomic E-state index is -1.20. The number of nitrogens with zero attached hydrogens (tertiary/aromatic N) is 2. The van der Waals surface area contributed by atoms with E-state index in [2.05, 4.69) is 20.9 Å². The highest BCUT2D eigenvalue weighted by Gasteiger charge is 2.46. The maximum atomic E-state index is 11.7. The van der Waals surface area contributed by atoms with Crippen LogP contribution in [0.5, 0.6) is 0 Å². The molecular formula is C9H12BrN3O4. The van der Waals surface area contributed by atoms with Crippen molar-refractivity contribution in [1.29, 1.82) is 0 Å². The highest BCUT2D eigenvalue weighted by atomic mass is 79.9. The molecule has 0 saturated carbocycles. The van der Waals surface area contributed by atoms with Gasteiger partial charge in [-0.3, -0.25) is 4.57 Å². The number of nitrogen functional groups attached to an aromatic ring is 1. The number of ether oxygens (including phenoxy) is 1. The van der Waals surface area contributed by atoms with Crippen LogP contribution in [0, 0.1) is 0 Å². The Morgan fingerprint density at radius 2 is 2.47 bits per heavy atom. The van der Waals surface area contributed by atoms with Crippen molar-refractivity contribution < 1.29 is 14.9 Å². The number of hydrogen-bond donors (Lipinski definition) is 3. The molecule has 94 valence electrons. The van der Waals surface area contributed by atoms with Gasteiger partial charge in [-0.05, 0) is 22.0 Å². The summed E-state index contributed by atoms with van der Waals surface area (Å²) in [5.41, 5.74) is 4.79. The number of halogens is 1. The molecule has 2 heterocycles. The third kappa shape index (κ3) is 2.21. The Bertz CT molecular complexity index is 480. The Morgan fingerprint density at radius 3 is 3.00 bits per heavy atom. The first-order chi connectivity index (χ1) is 7.96. The predicted octanol–water partition coefficient (Wildman–Crippen LogP) is -1.03. The zero-order chi connectivity index (χ0) is 12.6. The number of hydrogen-bond acceptors (Lipinski definition) is 6. The molecule has 2 rings (SSSR count). The Kier molecular flexibility index (Phi) is 3.21. The molecule has 8 heteroatoms. The van der Waals surface area contributed by atoms with Gasteiger partial charge in [0, 0.05) is 12.6 Å². The topological polar surface area (TPSA) is 111 Å². The van der Waals surface area contributed by atoms with Crippen LogP contribution in [0.25, 0.3) is 0 Å². The van der Waals surface area contributed by atoms with Gasteiger partial charge in [-0.1, -0.05) is 0 Å². The van der Waals surface area contributed by atoms with Crippen LogP contribution in [-0.4, -0.2) is 38.6 Å². The summed E-state index contributed by atoms with van der Waals surface area (Å²) < 4.78 is 5.40. The fourth-order valence-electron chi connectivity index (χ4n) is 1.73. The molecule has 1 aliphatic rings. The highest BCUT2D eigenvalue weighted by molar-refractivity contribution is 9.09. The van der Waals surface area contributed by atoms with E-state index in [4.69, 9.17) is 15.6 Å². The number of aliphatic hydroxyl groups excluding tert-OH is 2. The zero-order valence-corrected chi connectivity index (χ0v) is 10.4. The van der Waals surface area contributed by atoms with Crippen LogP contribution in [0.2, 0.25) is 0 Å². The summed E-state index contributed by atoms with van der Waals surface area (Å²) in [5.74, 6) is 0.111. The van der Waals surface area contributed by atoms with Crippen molar-refractivity contribution in [3.8, 4) is 0 Å². The maximum Gasteiger partial charge on any atom is 0.352 e. The van der Waals surface area contributed by atoms with Gasteiger partial charge in [-0.25, -0.2) is 4.79 Å². The first-order valence-corrected chi connectivity index (χ1v) is 5.77. The fourth-order valence-corrected chi connectivity index (χ4v) is 2.57. The number of aromatic nitrogens is 2. The molecule has 1 aromatic heterocycles. The quantitative estimate of drug-likeness (QED) is 0.603. The molecule has 0 amide bonds. The molecule has 17 heavy (non-hydrogen) atoms. The first kappa shape index (κ1) is 12.5. The second-order valence-corrected chi connectivity index (χ2v) is 5.04. The molecule has 0 radical (unpaired) electrons. The van der Waals surface area contributed by atoms with E-state index in [-0.39, 0.29) is 18.8 Å². The van der Waals surface area contributed by atoms with E-state index < -0.39 is 22.5 Å². The molecule has 1 fully saturated rings. The van der Waals surface area contributed by atoms with Crippen molar-refractivity contribution in [3.05, 3.63) is 22.7 Å². The van der Waals surface area contributed by atoms with Crippen molar-refractivity contribution in [2.45, 2.75) is 23.3 Å². The SMILES string of the molecule is Nc1ccn(C2(Br)C[C@H](O)[C@@H](CO)O2)c(=O)n1. The number of aliphatic hydroxyl groups is 2. The van der Waals surface area contributed by atoms with Gasteiger partial charge in [-0.2, -0.15) is 4.98 Å². The van der Waals surface area contributed by atoms with E-state index >= 15 is 0 Å². The smallest absolute Gasteiger partial charge is 0.352 e. The summed E-state index contributed by atoms with van der Waals surface area (Å²) in [7, 11) is 0. The average Bonchev–Trinajstić information content (AvgIpc) is 2.54. The Balaban J connectivity index is 2.37. The van der Waals surface area contributed by atoms with Crippen LogP contribution < -0.4 is 11.4 Å². The largest absolute Gasteiger partial charge is 0.394 e. The van der Waals surface area contributed by atoms with E-state index in [1.165, 1.54) is 16.8 Å². The van der Waals surface area contributed by atoms with E-state index in [0.29, 0.717) is 0 Å². The van der Waals surface area contributed by atoms with E-state index in [0.717, 1.165) is 0 Å². The number of rotatable bonds is 2. The monoisotopic (exact) mass is 305 g/mol. The van der Waals surface area contributed by atoms with Crippen molar-refractivity contribution in [2.24, 2.45) is 0 Å². The molecule has 0 bridgehead atoms. The number of nitrogens with two attached hydrogens (primary N) is 1. The Labute approximate surface area is 105 Å². The van der Waals surface area contributed by atoms with Crippen molar-refractivity contribution in [2.75, 3.05) is 12.3 Å². The van der Waals surface area contributed by atoms with Crippen molar-refractivity contribution >= 4 is 21.7 Å². The first-order valence-electron chi connectivity index (χ1n) is 4.97. The molecule has 3 atom stereocenters. The molecule has 0 spiro atoms. The van der Waals surface area contributed by atoms with Gasteiger partial charge in [0.15, 0.2) is 0 Å². The van der Waals surface area contributed by atoms with Gasteiger partial charge in [0.2, 0.25) is 4.63 Å². The van der Waals surface area contributed by atoms with E-state index in [1.54, 1.807) is 0 Å². The van der Waals surface area contributed by atoms with E-state index in [9.17, 15) is 9.90 Å².